The van der Waals surface area contributed by atoms with Crippen molar-refractivity contribution in [2.24, 2.45) is 0 Å². The standard InChI is InChI=1S/C15H22N2O2/c1-16(12-15(18)19)11-14-8-5-9-17(14)10-13-6-3-2-4-7-13/h2-4,6-7,14H,5,8-12H2,1H3,(H,18,19). The van der Waals surface area contributed by atoms with Crippen LogP contribution in [0.4, 0.5) is 0 Å². The van der Waals surface area contributed by atoms with E-state index in [1.165, 1.54) is 12.0 Å². The molecule has 1 aliphatic rings. The number of carbonyl (C=O) groups is 1. The quantitative estimate of drug-likeness (QED) is 0.847. The number of likely N-dealkylation sites (N-methyl/N-ethyl adjacent to an activating group) is 1. The summed E-state index contributed by atoms with van der Waals surface area (Å²) in [6.07, 6.45) is 2.37. The van der Waals surface area contributed by atoms with Crippen molar-refractivity contribution < 1.29 is 9.90 Å². The average molecular weight is 262 g/mol. The van der Waals surface area contributed by atoms with Gasteiger partial charge in [-0.15, -0.1) is 0 Å². The summed E-state index contributed by atoms with van der Waals surface area (Å²) in [7, 11) is 1.88. The first kappa shape index (κ1) is 14.0. The second-order valence-corrected chi connectivity index (χ2v) is 5.34. The summed E-state index contributed by atoms with van der Waals surface area (Å²) in [6.45, 7) is 3.03. The van der Waals surface area contributed by atoms with E-state index < -0.39 is 5.97 Å². The first-order chi connectivity index (χ1) is 9.15. The van der Waals surface area contributed by atoms with Gasteiger partial charge in [-0.05, 0) is 32.0 Å². The molecule has 1 unspecified atom stereocenters. The monoisotopic (exact) mass is 262 g/mol. The number of hydrogen-bond acceptors (Lipinski definition) is 3. The van der Waals surface area contributed by atoms with Crippen molar-refractivity contribution in [3.05, 3.63) is 35.9 Å². The van der Waals surface area contributed by atoms with Gasteiger partial charge in [0.25, 0.3) is 0 Å². The Morgan fingerprint density at radius 2 is 2.16 bits per heavy atom. The van der Waals surface area contributed by atoms with Crippen LogP contribution in [0.3, 0.4) is 0 Å². The van der Waals surface area contributed by atoms with Gasteiger partial charge < -0.3 is 5.11 Å². The van der Waals surface area contributed by atoms with Crippen molar-refractivity contribution in [3.63, 3.8) is 0 Å². The third-order valence-corrected chi connectivity index (χ3v) is 3.66. The van der Waals surface area contributed by atoms with Crippen LogP contribution in [0.25, 0.3) is 0 Å². The third-order valence-electron chi connectivity index (χ3n) is 3.66. The fourth-order valence-electron chi connectivity index (χ4n) is 2.78. The minimum atomic E-state index is -0.755. The zero-order chi connectivity index (χ0) is 13.7. The molecule has 0 radical (unpaired) electrons. The molecule has 104 valence electrons. The number of hydrogen-bond donors (Lipinski definition) is 1. The normalized spacial score (nSPS) is 20.0. The summed E-state index contributed by atoms with van der Waals surface area (Å²) in [5.41, 5.74) is 1.33. The number of nitrogens with zero attached hydrogens (tertiary/aromatic N) is 2. The molecule has 19 heavy (non-hydrogen) atoms. The van der Waals surface area contributed by atoms with E-state index in [0.29, 0.717) is 6.04 Å². The molecule has 1 fully saturated rings. The molecule has 1 aromatic carbocycles. The maximum absolute atomic E-state index is 10.7. The molecule has 2 rings (SSSR count). The van der Waals surface area contributed by atoms with Gasteiger partial charge in [-0.3, -0.25) is 14.6 Å². The van der Waals surface area contributed by atoms with E-state index in [1.807, 2.05) is 18.0 Å². The molecule has 1 N–H and O–H groups in total. The molecule has 1 heterocycles. The van der Waals surface area contributed by atoms with Crippen molar-refractivity contribution in [2.45, 2.75) is 25.4 Å². The molecule has 1 atom stereocenters. The van der Waals surface area contributed by atoms with Crippen LogP contribution in [0.1, 0.15) is 18.4 Å². The highest BCUT2D eigenvalue weighted by molar-refractivity contribution is 5.69. The first-order valence-electron chi connectivity index (χ1n) is 6.83. The zero-order valence-corrected chi connectivity index (χ0v) is 11.5. The van der Waals surface area contributed by atoms with E-state index in [9.17, 15) is 4.79 Å². The second-order valence-electron chi connectivity index (χ2n) is 5.34. The molecule has 0 spiro atoms. The van der Waals surface area contributed by atoms with Gasteiger partial charge in [0.05, 0.1) is 6.54 Å². The summed E-state index contributed by atoms with van der Waals surface area (Å²) in [6, 6.07) is 10.9. The number of rotatable bonds is 6. The van der Waals surface area contributed by atoms with Crippen LogP contribution in [-0.4, -0.2) is 53.6 Å². The fraction of sp³-hybridized carbons (Fsp3) is 0.533. The Morgan fingerprint density at radius 1 is 1.42 bits per heavy atom. The molecule has 0 aromatic heterocycles. The predicted octanol–water partition coefficient (Wildman–Crippen LogP) is 1.67. The van der Waals surface area contributed by atoms with Crippen LogP contribution < -0.4 is 0 Å². The Hall–Kier alpha value is -1.39. The third kappa shape index (κ3) is 4.33. The van der Waals surface area contributed by atoms with Gasteiger partial charge >= 0.3 is 5.97 Å². The molecule has 0 aliphatic carbocycles. The molecule has 4 heteroatoms. The van der Waals surface area contributed by atoms with E-state index in [-0.39, 0.29) is 6.54 Å². The number of benzene rings is 1. The minimum Gasteiger partial charge on any atom is -0.480 e. The van der Waals surface area contributed by atoms with Crippen LogP contribution in [0, 0.1) is 0 Å². The van der Waals surface area contributed by atoms with Crippen LogP contribution >= 0.6 is 0 Å². The van der Waals surface area contributed by atoms with Gasteiger partial charge in [-0.25, -0.2) is 0 Å². The molecular weight excluding hydrogens is 240 g/mol. The number of aliphatic carboxylic acids is 1. The summed E-state index contributed by atoms with van der Waals surface area (Å²) in [4.78, 5) is 15.1. The Morgan fingerprint density at radius 3 is 2.84 bits per heavy atom. The van der Waals surface area contributed by atoms with E-state index in [0.717, 1.165) is 26.1 Å². The van der Waals surface area contributed by atoms with Gasteiger partial charge in [0, 0.05) is 19.1 Å². The van der Waals surface area contributed by atoms with E-state index in [1.54, 1.807) is 0 Å². The van der Waals surface area contributed by atoms with Crippen molar-refractivity contribution in [1.29, 1.82) is 0 Å². The lowest BCUT2D eigenvalue weighted by atomic mass is 10.1. The molecule has 4 nitrogen and oxygen atoms in total. The molecule has 0 amide bonds. The SMILES string of the molecule is CN(CC(=O)O)CC1CCCN1Cc1ccccc1. The maximum atomic E-state index is 10.7. The minimum absolute atomic E-state index is 0.121. The van der Waals surface area contributed by atoms with E-state index in [2.05, 4.69) is 29.2 Å². The summed E-state index contributed by atoms with van der Waals surface area (Å²) in [5.74, 6) is -0.755. The topological polar surface area (TPSA) is 43.8 Å². The van der Waals surface area contributed by atoms with E-state index in [4.69, 9.17) is 5.11 Å². The molecule has 1 aromatic rings. The molecule has 1 aliphatic heterocycles. The van der Waals surface area contributed by atoms with E-state index >= 15 is 0 Å². The van der Waals surface area contributed by atoms with Crippen molar-refractivity contribution in [3.8, 4) is 0 Å². The highest BCUT2D eigenvalue weighted by Crippen LogP contribution is 2.20. The summed E-state index contributed by atoms with van der Waals surface area (Å²) < 4.78 is 0. The van der Waals surface area contributed by atoms with Gasteiger partial charge in [-0.2, -0.15) is 0 Å². The highest BCUT2D eigenvalue weighted by atomic mass is 16.4. The molecular formula is C15H22N2O2. The number of carboxylic acid groups (broad SMARTS) is 1. The van der Waals surface area contributed by atoms with Gasteiger partial charge in [0.1, 0.15) is 0 Å². The van der Waals surface area contributed by atoms with Crippen LogP contribution in [-0.2, 0) is 11.3 Å². The lowest BCUT2D eigenvalue weighted by Gasteiger charge is -2.28. The Bertz CT molecular complexity index is 408. The lowest BCUT2D eigenvalue weighted by molar-refractivity contribution is -0.138. The van der Waals surface area contributed by atoms with Gasteiger partial charge in [0.15, 0.2) is 0 Å². The summed E-state index contributed by atoms with van der Waals surface area (Å²) in [5, 5.41) is 8.80. The van der Waals surface area contributed by atoms with Crippen LogP contribution in [0.2, 0.25) is 0 Å². The fourth-order valence-corrected chi connectivity index (χ4v) is 2.78. The number of carboxylic acids is 1. The van der Waals surface area contributed by atoms with Crippen LogP contribution in [0.15, 0.2) is 30.3 Å². The smallest absolute Gasteiger partial charge is 0.317 e. The number of likely N-dealkylation sites (tertiary alicyclic amines) is 1. The van der Waals surface area contributed by atoms with Crippen molar-refractivity contribution in [2.75, 3.05) is 26.7 Å². The average Bonchev–Trinajstić information content (AvgIpc) is 2.77. The first-order valence-corrected chi connectivity index (χ1v) is 6.83. The highest BCUT2D eigenvalue weighted by Gasteiger charge is 2.25. The van der Waals surface area contributed by atoms with Gasteiger partial charge in [0.2, 0.25) is 0 Å². The Balaban J connectivity index is 1.88. The predicted molar refractivity (Wildman–Crippen MR) is 75.0 cm³/mol. The maximum Gasteiger partial charge on any atom is 0.317 e. The molecule has 1 saturated heterocycles. The van der Waals surface area contributed by atoms with Crippen LogP contribution in [0.5, 0.6) is 0 Å². The second kappa shape index (κ2) is 6.68. The van der Waals surface area contributed by atoms with Crippen molar-refractivity contribution >= 4 is 5.97 Å². The van der Waals surface area contributed by atoms with Gasteiger partial charge in [-0.1, -0.05) is 30.3 Å². The van der Waals surface area contributed by atoms with Crippen molar-refractivity contribution in [1.82, 2.24) is 9.80 Å². The lowest BCUT2D eigenvalue weighted by Crippen LogP contribution is -2.40. The molecule has 0 bridgehead atoms. The Kier molecular flexibility index (Phi) is 4.93. The molecule has 0 saturated carbocycles. The zero-order valence-electron chi connectivity index (χ0n) is 11.5. The summed E-state index contributed by atoms with van der Waals surface area (Å²) >= 11 is 0. The Labute approximate surface area is 114 Å². The largest absolute Gasteiger partial charge is 0.480 e.